The molecule has 3 nitrogen and oxygen atoms in total. The molecule has 0 amide bonds. The molecule has 1 aromatic carbocycles. The number of ketones is 1. The number of fused-ring (bicyclic) bond motifs is 1. The number of para-hydroxylation sites is 1. The van der Waals surface area contributed by atoms with Crippen LogP contribution in [0, 0.1) is 13.8 Å². The number of hydrogen-bond donors (Lipinski definition) is 0. The molecular formula is C18H20N2O. The molecule has 2 aromatic heterocycles. The number of carbonyl (C=O) groups excluding carboxylic acids is 1. The fourth-order valence-corrected chi connectivity index (χ4v) is 2.97. The van der Waals surface area contributed by atoms with Gasteiger partial charge in [0, 0.05) is 54.1 Å². The Balaban J connectivity index is 1.91. The summed E-state index contributed by atoms with van der Waals surface area (Å²) in [5.41, 5.74) is 4.23. The van der Waals surface area contributed by atoms with E-state index in [0.29, 0.717) is 6.42 Å². The topological polar surface area (TPSA) is 26.9 Å². The lowest BCUT2D eigenvalue weighted by Gasteiger charge is -2.06. The van der Waals surface area contributed by atoms with Crippen molar-refractivity contribution in [1.29, 1.82) is 0 Å². The van der Waals surface area contributed by atoms with Crippen molar-refractivity contribution in [2.75, 3.05) is 0 Å². The molecule has 21 heavy (non-hydrogen) atoms. The van der Waals surface area contributed by atoms with Gasteiger partial charge in [-0.15, -0.1) is 0 Å². The normalized spacial score (nSPS) is 11.2. The summed E-state index contributed by atoms with van der Waals surface area (Å²) in [6, 6.07) is 12.2. The quantitative estimate of drug-likeness (QED) is 0.666. The van der Waals surface area contributed by atoms with Crippen LogP contribution >= 0.6 is 0 Å². The summed E-state index contributed by atoms with van der Waals surface area (Å²) in [6.07, 6.45) is 2.56. The van der Waals surface area contributed by atoms with Crippen molar-refractivity contribution in [2.45, 2.75) is 26.8 Å². The SMILES string of the molecule is Cc1cccn1CCC(=O)c1c(C)n(C)c2ccccc12. The van der Waals surface area contributed by atoms with Crippen molar-refractivity contribution < 1.29 is 4.79 Å². The zero-order valence-corrected chi connectivity index (χ0v) is 12.8. The van der Waals surface area contributed by atoms with Crippen LogP contribution in [0.2, 0.25) is 0 Å². The Labute approximate surface area is 124 Å². The van der Waals surface area contributed by atoms with Crippen LogP contribution in [-0.4, -0.2) is 14.9 Å². The van der Waals surface area contributed by atoms with Gasteiger partial charge < -0.3 is 9.13 Å². The van der Waals surface area contributed by atoms with Gasteiger partial charge >= 0.3 is 0 Å². The minimum absolute atomic E-state index is 0.220. The van der Waals surface area contributed by atoms with Crippen molar-refractivity contribution in [3.8, 4) is 0 Å². The smallest absolute Gasteiger partial charge is 0.167 e. The van der Waals surface area contributed by atoms with Gasteiger partial charge in [-0.2, -0.15) is 0 Å². The minimum atomic E-state index is 0.220. The van der Waals surface area contributed by atoms with E-state index in [1.165, 1.54) is 5.69 Å². The third-order valence-electron chi connectivity index (χ3n) is 4.31. The van der Waals surface area contributed by atoms with E-state index in [4.69, 9.17) is 0 Å². The highest BCUT2D eigenvalue weighted by Gasteiger charge is 2.17. The number of nitrogens with zero attached hydrogens (tertiary/aromatic N) is 2. The number of aryl methyl sites for hydroxylation is 3. The second kappa shape index (κ2) is 5.24. The first-order valence-corrected chi connectivity index (χ1v) is 7.28. The van der Waals surface area contributed by atoms with Gasteiger partial charge in [0.25, 0.3) is 0 Å². The van der Waals surface area contributed by atoms with Gasteiger partial charge in [-0.1, -0.05) is 18.2 Å². The Morgan fingerprint density at radius 1 is 1.10 bits per heavy atom. The fourth-order valence-electron chi connectivity index (χ4n) is 2.97. The average Bonchev–Trinajstić information content (AvgIpc) is 3.00. The average molecular weight is 280 g/mol. The molecule has 3 heteroatoms. The monoisotopic (exact) mass is 280 g/mol. The molecule has 2 heterocycles. The van der Waals surface area contributed by atoms with Crippen LogP contribution in [-0.2, 0) is 13.6 Å². The third kappa shape index (κ3) is 2.29. The van der Waals surface area contributed by atoms with E-state index in [0.717, 1.165) is 28.7 Å². The summed E-state index contributed by atoms with van der Waals surface area (Å²) >= 11 is 0. The number of aromatic nitrogens is 2. The lowest BCUT2D eigenvalue weighted by molar-refractivity contribution is 0.0978. The van der Waals surface area contributed by atoms with Crippen LogP contribution in [0.25, 0.3) is 10.9 Å². The van der Waals surface area contributed by atoms with Gasteiger partial charge in [0.15, 0.2) is 5.78 Å². The molecule has 0 spiro atoms. The molecule has 3 aromatic rings. The maximum Gasteiger partial charge on any atom is 0.167 e. The lowest BCUT2D eigenvalue weighted by Crippen LogP contribution is -2.07. The van der Waals surface area contributed by atoms with Crippen molar-refractivity contribution in [2.24, 2.45) is 7.05 Å². The first-order valence-electron chi connectivity index (χ1n) is 7.28. The Morgan fingerprint density at radius 2 is 1.86 bits per heavy atom. The summed E-state index contributed by atoms with van der Waals surface area (Å²) in [6.45, 7) is 4.82. The van der Waals surface area contributed by atoms with Gasteiger partial charge in [-0.25, -0.2) is 0 Å². The van der Waals surface area contributed by atoms with E-state index < -0.39 is 0 Å². The molecule has 0 radical (unpaired) electrons. The highest BCUT2D eigenvalue weighted by Crippen LogP contribution is 2.26. The van der Waals surface area contributed by atoms with Crippen LogP contribution in [0.3, 0.4) is 0 Å². The van der Waals surface area contributed by atoms with E-state index in [1.807, 2.05) is 44.4 Å². The number of benzene rings is 1. The molecular weight excluding hydrogens is 260 g/mol. The van der Waals surface area contributed by atoms with Crippen LogP contribution in [0.5, 0.6) is 0 Å². The molecule has 0 N–H and O–H groups in total. The van der Waals surface area contributed by atoms with Crippen molar-refractivity contribution in [3.05, 3.63) is 59.5 Å². The molecule has 108 valence electrons. The van der Waals surface area contributed by atoms with E-state index in [-0.39, 0.29) is 5.78 Å². The van der Waals surface area contributed by atoms with E-state index in [2.05, 4.69) is 28.2 Å². The molecule has 0 fully saturated rings. The minimum Gasteiger partial charge on any atom is -0.351 e. The first kappa shape index (κ1) is 13.7. The molecule has 0 aliphatic carbocycles. The Hall–Kier alpha value is -2.29. The molecule has 0 aliphatic heterocycles. The molecule has 3 rings (SSSR count). The Morgan fingerprint density at radius 3 is 2.57 bits per heavy atom. The predicted molar refractivity (Wildman–Crippen MR) is 85.8 cm³/mol. The standard InChI is InChI=1S/C18H20N2O/c1-13-7-6-11-20(13)12-10-17(21)18-14(2)19(3)16-9-5-4-8-15(16)18/h4-9,11H,10,12H2,1-3H3. The Bertz CT molecular complexity index is 808. The number of Topliss-reactive ketones (excluding diaryl/α,β-unsaturated/α-hetero) is 1. The van der Waals surface area contributed by atoms with Gasteiger partial charge in [0.2, 0.25) is 0 Å². The highest BCUT2D eigenvalue weighted by atomic mass is 16.1. The number of hydrogen-bond acceptors (Lipinski definition) is 1. The van der Waals surface area contributed by atoms with Gasteiger partial charge in [-0.3, -0.25) is 4.79 Å². The van der Waals surface area contributed by atoms with Crippen molar-refractivity contribution in [3.63, 3.8) is 0 Å². The Kier molecular flexibility index (Phi) is 3.42. The molecule has 0 unspecified atom stereocenters. The molecule has 0 saturated heterocycles. The third-order valence-corrected chi connectivity index (χ3v) is 4.31. The first-order chi connectivity index (χ1) is 10.1. The van der Waals surface area contributed by atoms with Gasteiger partial charge in [-0.05, 0) is 32.0 Å². The van der Waals surface area contributed by atoms with Gasteiger partial charge in [0.1, 0.15) is 0 Å². The highest BCUT2D eigenvalue weighted by molar-refractivity contribution is 6.09. The van der Waals surface area contributed by atoms with Crippen molar-refractivity contribution >= 4 is 16.7 Å². The van der Waals surface area contributed by atoms with Crippen LogP contribution in [0.15, 0.2) is 42.6 Å². The summed E-state index contributed by atoms with van der Waals surface area (Å²) in [5, 5.41) is 1.06. The maximum absolute atomic E-state index is 12.7. The zero-order chi connectivity index (χ0) is 15.0. The second-order valence-electron chi connectivity index (χ2n) is 5.55. The molecule has 0 bridgehead atoms. The van der Waals surface area contributed by atoms with Crippen LogP contribution < -0.4 is 0 Å². The summed E-state index contributed by atoms with van der Waals surface area (Å²) in [5.74, 6) is 0.220. The van der Waals surface area contributed by atoms with E-state index >= 15 is 0 Å². The maximum atomic E-state index is 12.7. The van der Waals surface area contributed by atoms with E-state index in [9.17, 15) is 4.79 Å². The van der Waals surface area contributed by atoms with Crippen LogP contribution in [0.4, 0.5) is 0 Å². The largest absolute Gasteiger partial charge is 0.351 e. The molecule has 0 saturated carbocycles. The fraction of sp³-hybridized carbons (Fsp3) is 0.278. The zero-order valence-electron chi connectivity index (χ0n) is 12.8. The summed E-state index contributed by atoms with van der Waals surface area (Å²) in [4.78, 5) is 12.7. The summed E-state index contributed by atoms with van der Waals surface area (Å²) < 4.78 is 4.22. The molecule has 0 aliphatic rings. The number of carbonyl (C=O) groups is 1. The number of rotatable bonds is 4. The summed E-state index contributed by atoms with van der Waals surface area (Å²) in [7, 11) is 2.02. The lowest BCUT2D eigenvalue weighted by atomic mass is 10.0. The second-order valence-corrected chi connectivity index (χ2v) is 5.55. The van der Waals surface area contributed by atoms with E-state index in [1.54, 1.807) is 0 Å². The van der Waals surface area contributed by atoms with Crippen molar-refractivity contribution in [1.82, 2.24) is 9.13 Å². The van der Waals surface area contributed by atoms with Crippen LogP contribution in [0.1, 0.15) is 28.2 Å². The molecule has 0 atom stereocenters. The predicted octanol–water partition coefficient (Wildman–Crippen LogP) is 3.87. The van der Waals surface area contributed by atoms with Gasteiger partial charge in [0.05, 0.1) is 0 Å².